The summed E-state index contributed by atoms with van der Waals surface area (Å²) in [6.45, 7) is 2.52. The second-order valence-electron chi connectivity index (χ2n) is 3.89. The molecular weight excluding hydrogens is 232 g/mol. The quantitative estimate of drug-likeness (QED) is 0.834. The predicted octanol–water partition coefficient (Wildman–Crippen LogP) is 2.72. The molecule has 0 bridgehead atoms. The number of carbonyl (C=O) groups excluding carboxylic acids is 1. The normalized spacial score (nSPS) is 10.2. The highest BCUT2D eigenvalue weighted by Crippen LogP contribution is 2.11. The number of thiazole rings is 1. The molecule has 0 aliphatic carbocycles. The zero-order chi connectivity index (χ0) is 12.3. The smallest absolute Gasteiger partial charge is 0.253 e. The van der Waals surface area contributed by atoms with Crippen molar-refractivity contribution in [3.05, 3.63) is 52.0 Å². The highest BCUT2D eigenvalue weighted by molar-refractivity contribution is 7.09. The number of rotatable bonds is 3. The van der Waals surface area contributed by atoms with Crippen LogP contribution < -0.4 is 0 Å². The number of carbonyl (C=O) groups is 1. The molecule has 0 aliphatic heterocycles. The molecule has 0 unspecified atom stereocenters. The summed E-state index contributed by atoms with van der Waals surface area (Å²) in [7, 11) is 1.80. The molecule has 0 atom stereocenters. The van der Waals surface area contributed by atoms with Crippen molar-refractivity contribution in [3.63, 3.8) is 0 Å². The van der Waals surface area contributed by atoms with E-state index in [1.54, 1.807) is 23.3 Å². The molecule has 1 aromatic carbocycles. The average Bonchev–Trinajstić information content (AvgIpc) is 2.75. The monoisotopic (exact) mass is 246 g/mol. The van der Waals surface area contributed by atoms with E-state index in [1.807, 2.05) is 42.6 Å². The van der Waals surface area contributed by atoms with Gasteiger partial charge in [-0.05, 0) is 19.1 Å². The Bertz CT molecular complexity index is 507. The minimum atomic E-state index is 0.0243. The lowest BCUT2D eigenvalue weighted by Gasteiger charge is -2.15. The maximum absolute atomic E-state index is 12.1. The molecule has 0 saturated heterocycles. The molecule has 0 aliphatic rings. The third-order valence-electron chi connectivity index (χ3n) is 2.43. The summed E-state index contributed by atoms with van der Waals surface area (Å²) in [5, 5.41) is 3.02. The van der Waals surface area contributed by atoms with Gasteiger partial charge < -0.3 is 4.90 Å². The van der Waals surface area contributed by atoms with E-state index >= 15 is 0 Å². The van der Waals surface area contributed by atoms with Crippen LogP contribution in [-0.4, -0.2) is 22.8 Å². The Morgan fingerprint density at radius 1 is 1.35 bits per heavy atom. The fraction of sp³-hybridized carbons (Fsp3) is 0.231. The molecule has 3 nitrogen and oxygen atoms in total. The van der Waals surface area contributed by atoms with Crippen LogP contribution in [0.2, 0.25) is 0 Å². The Labute approximate surface area is 105 Å². The Hall–Kier alpha value is -1.68. The van der Waals surface area contributed by atoms with Gasteiger partial charge in [0.25, 0.3) is 5.91 Å². The maximum atomic E-state index is 12.1. The summed E-state index contributed by atoms with van der Waals surface area (Å²) < 4.78 is 0. The van der Waals surface area contributed by atoms with Gasteiger partial charge >= 0.3 is 0 Å². The predicted molar refractivity (Wildman–Crippen MR) is 69.1 cm³/mol. The van der Waals surface area contributed by atoms with Gasteiger partial charge in [-0.2, -0.15) is 0 Å². The largest absolute Gasteiger partial charge is 0.336 e. The van der Waals surface area contributed by atoms with Crippen LogP contribution in [0.4, 0.5) is 0 Å². The van der Waals surface area contributed by atoms with E-state index in [0.29, 0.717) is 12.1 Å². The van der Waals surface area contributed by atoms with Gasteiger partial charge in [0.1, 0.15) is 0 Å². The molecule has 4 heteroatoms. The summed E-state index contributed by atoms with van der Waals surface area (Å²) in [5.74, 6) is 0.0243. The zero-order valence-electron chi connectivity index (χ0n) is 9.88. The molecule has 2 rings (SSSR count). The minimum absolute atomic E-state index is 0.0243. The fourth-order valence-corrected chi connectivity index (χ4v) is 2.20. The highest BCUT2D eigenvalue weighted by Gasteiger charge is 2.12. The van der Waals surface area contributed by atoms with Crippen LogP contribution >= 0.6 is 11.3 Å². The molecule has 0 N–H and O–H groups in total. The maximum Gasteiger partial charge on any atom is 0.253 e. The Kier molecular flexibility index (Phi) is 3.54. The van der Waals surface area contributed by atoms with Crippen molar-refractivity contribution in [1.82, 2.24) is 9.88 Å². The van der Waals surface area contributed by atoms with Crippen molar-refractivity contribution < 1.29 is 4.79 Å². The number of hydrogen-bond donors (Lipinski definition) is 0. The second-order valence-corrected chi connectivity index (χ2v) is 4.95. The molecule has 2 aromatic rings. The number of nitrogens with zero attached hydrogens (tertiary/aromatic N) is 2. The Balaban J connectivity index is 2.06. The first-order valence-electron chi connectivity index (χ1n) is 5.38. The molecule has 1 heterocycles. The van der Waals surface area contributed by atoms with Crippen molar-refractivity contribution in [2.75, 3.05) is 7.05 Å². The first-order chi connectivity index (χ1) is 8.16. The Morgan fingerprint density at radius 3 is 2.65 bits per heavy atom. The van der Waals surface area contributed by atoms with Gasteiger partial charge in [0.05, 0.1) is 17.2 Å². The summed E-state index contributed by atoms with van der Waals surface area (Å²) in [6, 6.07) is 9.29. The Morgan fingerprint density at radius 2 is 2.06 bits per heavy atom. The molecule has 0 spiro atoms. The first kappa shape index (κ1) is 11.8. The molecule has 0 fully saturated rings. The van der Waals surface area contributed by atoms with E-state index in [9.17, 15) is 4.79 Å². The second kappa shape index (κ2) is 5.10. The van der Waals surface area contributed by atoms with E-state index in [1.165, 1.54) is 0 Å². The molecule has 0 saturated carbocycles. The topological polar surface area (TPSA) is 33.2 Å². The minimum Gasteiger partial charge on any atom is -0.336 e. The van der Waals surface area contributed by atoms with Crippen molar-refractivity contribution in [2.24, 2.45) is 0 Å². The summed E-state index contributed by atoms with van der Waals surface area (Å²) in [5.41, 5.74) is 1.65. The molecular formula is C13H14N2OS. The van der Waals surface area contributed by atoms with Crippen molar-refractivity contribution in [3.8, 4) is 0 Å². The van der Waals surface area contributed by atoms with Crippen LogP contribution in [0.1, 0.15) is 21.1 Å². The number of aromatic nitrogens is 1. The van der Waals surface area contributed by atoms with Gasteiger partial charge in [0.2, 0.25) is 0 Å². The molecule has 0 radical (unpaired) electrons. The zero-order valence-corrected chi connectivity index (χ0v) is 10.7. The van der Waals surface area contributed by atoms with E-state index in [2.05, 4.69) is 4.98 Å². The van der Waals surface area contributed by atoms with Gasteiger partial charge in [-0.25, -0.2) is 4.98 Å². The SMILES string of the molecule is Cc1nc(CN(C)C(=O)c2ccccc2)cs1. The van der Waals surface area contributed by atoms with Gasteiger partial charge in [-0.15, -0.1) is 11.3 Å². The van der Waals surface area contributed by atoms with Gasteiger partial charge in [-0.1, -0.05) is 18.2 Å². The highest BCUT2D eigenvalue weighted by atomic mass is 32.1. The van der Waals surface area contributed by atoms with Crippen LogP contribution in [-0.2, 0) is 6.54 Å². The van der Waals surface area contributed by atoms with E-state index in [0.717, 1.165) is 10.7 Å². The molecule has 1 aromatic heterocycles. The van der Waals surface area contributed by atoms with Gasteiger partial charge in [-0.3, -0.25) is 4.79 Å². The third kappa shape index (κ3) is 2.91. The van der Waals surface area contributed by atoms with Crippen LogP contribution in [0.25, 0.3) is 0 Å². The lowest BCUT2D eigenvalue weighted by molar-refractivity contribution is 0.0783. The van der Waals surface area contributed by atoms with Crippen LogP contribution in [0.15, 0.2) is 35.7 Å². The third-order valence-corrected chi connectivity index (χ3v) is 3.26. The number of aryl methyl sites for hydroxylation is 1. The number of amides is 1. The lowest BCUT2D eigenvalue weighted by Crippen LogP contribution is -2.26. The van der Waals surface area contributed by atoms with Crippen LogP contribution in [0, 0.1) is 6.92 Å². The average molecular weight is 246 g/mol. The first-order valence-corrected chi connectivity index (χ1v) is 6.26. The molecule has 1 amide bonds. The van der Waals surface area contributed by atoms with Crippen molar-refractivity contribution >= 4 is 17.2 Å². The van der Waals surface area contributed by atoms with Crippen LogP contribution in [0.3, 0.4) is 0 Å². The standard InChI is InChI=1S/C13H14N2OS/c1-10-14-12(9-17-10)8-15(2)13(16)11-6-4-3-5-7-11/h3-7,9H,8H2,1-2H3. The summed E-state index contributed by atoms with van der Waals surface area (Å²) in [6.07, 6.45) is 0. The van der Waals surface area contributed by atoms with E-state index in [4.69, 9.17) is 0 Å². The van der Waals surface area contributed by atoms with Gasteiger partial charge in [0, 0.05) is 18.0 Å². The fourth-order valence-electron chi connectivity index (χ4n) is 1.60. The summed E-state index contributed by atoms with van der Waals surface area (Å²) in [4.78, 5) is 18.1. The molecule has 17 heavy (non-hydrogen) atoms. The van der Waals surface area contributed by atoms with Gasteiger partial charge in [0.15, 0.2) is 0 Å². The summed E-state index contributed by atoms with van der Waals surface area (Å²) >= 11 is 1.60. The number of hydrogen-bond acceptors (Lipinski definition) is 3. The molecule has 88 valence electrons. The van der Waals surface area contributed by atoms with E-state index < -0.39 is 0 Å². The van der Waals surface area contributed by atoms with Crippen molar-refractivity contribution in [1.29, 1.82) is 0 Å². The lowest BCUT2D eigenvalue weighted by atomic mass is 10.2. The van der Waals surface area contributed by atoms with Crippen LogP contribution in [0.5, 0.6) is 0 Å². The van der Waals surface area contributed by atoms with Crippen molar-refractivity contribution in [2.45, 2.75) is 13.5 Å². The number of benzene rings is 1. The van der Waals surface area contributed by atoms with E-state index in [-0.39, 0.29) is 5.91 Å².